The van der Waals surface area contributed by atoms with Crippen molar-refractivity contribution in [2.24, 2.45) is 0 Å². The monoisotopic (exact) mass is 374 g/mol. The molecule has 4 nitrogen and oxygen atoms in total. The number of rotatable bonds is 6. The van der Waals surface area contributed by atoms with Gasteiger partial charge in [-0.15, -0.1) is 11.3 Å². The Morgan fingerprint density at radius 3 is 2.62 bits per heavy atom. The van der Waals surface area contributed by atoms with Gasteiger partial charge in [-0.2, -0.15) is 0 Å². The van der Waals surface area contributed by atoms with Crippen molar-refractivity contribution in [1.29, 1.82) is 0 Å². The van der Waals surface area contributed by atoms with Crippen LogP contribution in [0.15, 0.2) is 41.8 Å². The predicted molar refractivity (Wildman–Crippen MR) is 101 cm³/mol. The Morgan fingerprint density at radius 1 is 1.15 bits per heavy atom. The number of amides is 1. The summed E-state index contributed by atoms with van der Waals surface area (Å²) in [5, 5.41) is 1.89. The van der Waals surface area contributed by atoms with E-state index in [4.69, 9.17) is 0 Å². The largest absolute Gasteiger partial charge is 0.339 e. The summed E-state index contributed by atoms with van der Waals surface area (Å²) in [5.41, 5.74) is 1.01. The van der Waals surface area contributed by atoms with Gasteiger partial charge in [-0.3, -0.25) is 14.5 Å². The van der Waals surface area contributed by atoms with Crippen LogP contribution in [0.1, 0.15) is 40.5 Å². The second kappa shape index (κ2) is 8.56. The van der Waals surface area contributed by atoms with E-state index in [1.807, 2.05) is 29.5 Å². The van der Waals surface area contributed by atoms with Crippen molar-refractivity contribution in [2.75, 3.05) is 26.7 Å². The van der Waals surface area contributed by atoms with E-state index in [0.29, 0.717) is 32.4 Å². The first kappa shape index (κ1) is 18.7. The third kappa shape index (κ3) is 4.56. The first-order chi connectivity index (χ1) is 12.5. The van der Waals surface area contributed by atoms with Gasteiger partial charge < -0.3 is 4.90 Å². The van der Waals surface area contributed by atoms with E-state index in [-0.39, 0.29) is 23.5 Å². The van der Waals surface area contributed by atoms with E-state index in [2.05, 4.69) is 4.90 Å². The van der Waals surface area contributed by atoms with Crippen LogP contribution in [0.4, 0.5) is 4.39 Å². The minimum Gasteiger partial charge on any atom is -0.339 e. The molecule has 0 N–H and O–H groups in total. The summed E-state index contributed by atoms with van der Waals surface area (Å²) >= 11 is 1.44. The molecule has 2 aromatic rings. The molecule has 1 saturated heterocycles. The molecule has 1 aromatic heterocycles. The van der Waals surface area contributed by atoms with Gasteiger partial charge >= 0.3 is 0 Å². The minimum atomic E-state index is -0.254. The highest BCUT2D eigenvalue weighted by Crippen LogP contribution is 2.25. The van der Waals surface area contributed by atoms with E-state index < -0.39 is 0 Å². The number of benzene rings is 1. The van der Waals surface area contributed by atoms with Crippen LogP contribution in [-0.2, 0) is 4.79 Å². The van der Waals surface area contributed by atoms with Crippen LogP contribution in [-0.4, -0.2) is 48.2 Å². The van der Waals surface area contributed by atoms with Crippen LogP contribution in [0.5, 0.6) is 0 Å². The molecule has 1 aliphatic heterocycles. The molecule has 0 radical (unpaired) electrons. The summed E-state index contributed by atoms with van der Waals surface area (Å²) in [7, 11) is 2.02. The standard InChI is InChI=1S/C20H23FN2O2S/c1-22-11-12-23(14-17(22)15-7-9-16(21)10-8-15)20(25)6-2-4-18(24)19-5-3-13-26-19/h3,5,7-10,13,17H,2,4,6,11-12,14H2,1H3. The van der Waals surface area contributed by atoms with Gasteiger partial charge in [0.1, 0.15) is 5.82 Å². The van der Waals surface area contributed by atoms with Crippen molar-refractivity contribution in [3.05, 3.63) is 58.0 Å². The highest BCUT2D eigenvalue weighted by Gasteiger charge is 2.28. The van der Waals surface area contributed by atoms with Crippen molar-refractivity contribution in [1.82, 2.24) is 9.80 Å². The van der Waals surface area contributed by atoms with Gasteiger partial charge in [0.25, 0.3) is 0 Å². The molecule has 0 spiro atoms. The van der Waals surface area contributed by atoms with Crippen LogP contribution in [0.3, 0.4) is 0 Å². The van der Waals surface area contributed by atoms with Gasteiger partial charge in [0, 0.05) is 32.5 Å². The van der Waals surface area contributed by atoms with Crippen molar-refractivity contribution in [3.8, 4) is 0 Å². The molecular formula is C20H23FN2O2S. The number of nitrogens with zero attached hydrogens (tertiary/aromatic N) is 2. The second-order valence-electron chi connectivity index (χ2n) is 6.64. The van der Waals surface area contributed by atoms with Gasteiger partial charge in [0.2, 0.25) is 5.91 Å². The van der Waals surface area contributed by atoms with Crippen LogP contribution in [0, 0.1) is 5.82 Å². The molecule has 138 valence electrons. The third-order valence-electron chi connectivity index (χ3n) is 4.85. The van der Waals surface area contributed by atoms with Gasteiger partial charge in [-0.25, -0.2) is 4.39 Å². The molecule has 0 saturated carbocycles. The Bertz CT molecular complexity index is 746. The van der Waals surface area contributed by atoms with Crippen molar-refractivity contribution < 1.29 is 14.0 Å². The summed E-state index contributed by atoms with van der Waals surface area (Å²) in [6.07, 6.45) is 1.36. The molecule has 1 aliphatic rings. The lowest BCUT2D eigenvalue weighted by molar-refractivity contribution is -0.134. The highest BCUT2D eigenvalue weighted by molar-refractivity contribution is 7.12. The first-order valence-electron chi connectivity index (χ1n) is 8.85. The summed E-state index contributed by atoms with van der Waals surface area (Å²) < 4.78 is 13.2. The fraction of sp³-hybridized carbons (Fsp3) is 0.400. The Kier molecular flexibility index (Phi) is 6.16. The third-order valence-corrected chi connectivity index (χ3v) is 5.76. The Balaban J connectivity index is 1.52. The van der Waals surface area contributed by atoms with Gasteiger partial charge in [-0.05, 0) is 42.6 Å². The average molecular weight is 374 g/mol. The van der Waals surface area contributed by atoms with E-state index in [9.17, 15) is 14.0 Å². The lowest BCUT2D eigenvalue weighted by Gasteiger charge is -2.39. The van der Waals surface area contributed by atoms with E-state index >= 15 is 0 Å². The average Bonchev–Trinajstić information content (AvgIpc) is 3.17. The second-order valence-corrected chi connectivity index (χ2v) is 7.59. The number of hydrogen-bond acceptors (Lipinski definition) is 4. The number of likely N-dealkylation sites (N-methyl/N-ethyl adjacent to an activating group) is 1. The maximum Gasteiger partial charge on any atom is 0.222 e. The zero-order valence-corrected chi connectivity index (χ0v) is 15.7. The quantitative estimate of drug-likeness (QED) is 0.723. The van der Waals surface area contributed by atoms with Crippen LogP contribution < -0.4 is 0 Å². The van der Waals surface area contributed by atoms with Crippen LogP contribution >= 0.6 is 11.3 Å². The maximum absolute atomic E-state index is 13.2. The van der Waals surface area contributed by atoms with Crippen molar-refractivity contribution in [2.45, 2.75) is 25.3 Å². The smallest absolute Gasteiger partial charge is 0.222 e. The lowest BCUT2D eigenvalue weighted by atomic mass is 10.0. The van der Waals surface area contributed by atoms with Crippen molar-refractivity contribution in [3.63, 3.8) is 0 Å². The molecule has 1 aromatic carbocycles. The van der Waals surface area contributed by atoms with Gasteiger partial charge in [0.05, 0.1) is 10.9 Å². The zero-order chi connectivity index (χ0) is 18.5. The predicted octanol–water partition coefficient (Wildman–Crippen LogP) is 3.76. The molecule has 6 heteroatoms. The molecule has 1 amide bonds. The van der Waals surface area contributed by atoms with E-state index in [1.54, 1.807) is 12.1 Å². The summed E-state index contributed by atoms with van der Waals surface area (Å²) in [6, 6.07) is 10.2. The molecule has 1 fully saturated rings. The first-order valence-corrected chi connectivity index (χ1v) is 9.73. The van der Waals surface area contributed by atoms with Crippen LogP contribution in [0.25, 0.3) is 0 Å². The molecule has 0 bridgehead atoms. The Morgan fingerprint density at radius 2 is 1.92 bits per heavy atom. The molecular weight excluding hydrogens is 351 g/mol. The Labute approximate surface area is 157 Å². The topological polar surface area (TPSA) is 40.6 Å². The number of ketones is 1. The normalized spacial score (nSPS) is 18.1. The number of thiophene rings is 1. The molecule has 0 aliphatic carbocycles. The number of Topliss-reactive ketones (excluding diaryl/α,β-unsaturated/α-hetero) is 1. The molecule has 26 heavy (non-hydrogen) atoms. The number of piperazine rings is 1. The van der Waals surface area contributed by atoms with Crippen molar-refractivity contribution >= 4 is 23.0 Å². The number of halogens is 1. The Hall–Kier alpha value is -2.05. The lowest BCUT2D eigenvalue weighted by Crippen LogP contribution is -2.48. The summed E-state index contributed by atoms with van der Waals surface area (Å²) in [6.45, 7) is 2.06. The van der Waals surface area contributed by atoms with Gasteiger partial charge in [-0.1, -0.05) is 18.2 Å². The number of hydrogen-bond donors (Lipinski definition) is 0. The number of carbonyl (C=O) groups excluding carboxylic acids is 2. The molecule has 3 rings (SSSR count). The fourth-order valence-corrected chi connectivity index (χ4v) is 3.96. The van der Waals surface area contributed by atoms with Gasteiger partial charge in [0.15, 0.2) is 5.78 Å². The zero-order valence-electron chi connectivity index (χ0n) is 14.9. The molecule has 1 unspecified atom stereocenters. The van der Waals surface area contributed by atoms with E-state index in [1.165, 1.54) is 23.5 Å². The number of carbonyl (C=O) groups is 2. The molecule has 1 atom stereocenters. The van der Waals surface area contributed by atoms with Crippen LogP contribution in [0.2, 0.25) is 0 Å². The summed E-state index contributed by atoms with van der Waals surface area (Å²) in [5.74, 6) is -0.0601. The summed E-state index contributed by atoms with van der Waals surface area (Å²) in [4.78, 5) is 29.4. The molecule has 2 heterocycles. The fourth-order valence-electron chi connectivity index (χ4n) is 3.26. The maximum atomic E-state index is 13.2. The SMILES string of the molecule is CN1CCN(C(=O)CCCC(=O)c2cccs2)CC1c1ccc(F)cc1. The highest BCUT2D eigenvalue weighted by atomic mass is 32.1. The van der Waals surface area contributed by atoms with E-state index in [0.717, 1.165) is 17.0 Å². The minimum absolute atomic E-state index is 0.0704.